The van der Waals surface area contributed by atoms with Crippen LogP contribution in [0.1, 0.15) is 17.0 Å². The minimum absolute atomic E-state index is 0.0331. The quantitative estimate of drug-likeness (QED) is 0.805. The first-order chi connectivity index (χ1) is 10.5. The first-order valence-corrected chi connectivity index (χ1v) is 6.92. The number of halogens is 2. The van der Waals surface area contributed by atoms with Crippen molar-refractivity contribution >= 4 is 15.9 Å². The average molecular weight is 363 g/mol. The molecular formula is C14H8BrFN4O2. The number of rotatable bonds is 1. The second-order valence-corrected chi connectivity index (χ2v) is 5.40. The molecule has 0 amide bonds. The Balaban J connectivity index is 2.30. The van der Waals surface area contributed by atoms with E-state index < -0.39 is 17.3 Å². The minimum atomic E-state index is -0.775. The van der Waals surface area contributed by atoms with Crippen molar-refractivity contribution in [3.63, 3.8) is 0 Å². The van der Waals surface area contributed by atoms with Crippen molar-refractivity contribution in [2.75, 3.05) is 0 Å². The maximum Gasteiger partial charge on any atom is 0.258 e. The third-order valence-corrected chi connectivity index (χ3v) is 3.91. The van der Waals surface area contributed by atoms with Gasteiger partial charge in [0.05, 0.1) is 22.3 Å². The summed E-state index contributed by atoms with van der Waals surface area (Å²) in [5, 5.41) is 9.35. The number of benzene rings is 1. The molecule has 0 bridgehead atoms. The molecule has 1 aliphatic rings. The molecule has 3 N–H and O–H groups in total. The van der Waals surface area contributed by atoms with Crippen LogP contribution in [0, 0.1) is 17.1 Å². The molecule has 0 spiro atoms. The Kier molecular flexibility index (Phi) is 3.42. The molecule has 0 fully saturated rings. The van der Waals surface area contributed by atoms with Crippen LogP contribution in [-0.4, -0.2) is 9.97 Å². The molecule has 0 radical (unpaired) electrons. The van der Waals surface area contributed by atoms with Gasteiger partial charge >= 0.3 is 0 Å². The number of nitriles is 1. The lowest BCUT2D eigenvalue weighted by Crippen LogP contribution is -2.28. The molecule has 0 saturated carbocycles. The molecule has 2 aromatic rings. The molecule has 0 saturated heterocycles. The van der Waals surface area contributed by atoms with Crippen molar-refractivity contribution in [3.8, 4) is 11.9 Å². The Morgan fingerprint density at radius 2 is 2.27 bits per heavy atom. The number of nitrogens with two attached hydrogens (primary N) is 1. The third-order valence-electron chi connectivity index (χ3n) is 3.30. The van der Waals surface area contributed by atoms with Gasteiger partial charge in [-0.1, -0.05) is 6.07 Å². The molecule has 1 aromatic carbocycles. The summed E-state index contributed by atoms with van der Waals surface area (Å²) in [6, 6.07) is 6.16. The van der Waals surface area contributed by atoms with Gasteiger partial charge in [-0.05, 0) is 33.6 Å². The number of ether oxygens (including phenoxy) is 1. The van der Waals surface area contributed by atoms with E-state index in [2.05, 4.69) is 25.9 Å². The fourth-order valence-electron chi connectivity index (χ4n) is 2.32. The van der Waals surface area contributed by atoms with Gasteiger partial charge in [0, 0.05) is 0 Å². The molecule has 1 aromatic heterocycles. The lowest BCUT2D eigenvalue weighted by atomic mass is 9.85. The molecule has 2 heterocycles. The van der Waals surface area contributed by atoms with E-state index in [0.29, 0.717) is 5.56 Å². The molecule has 1 atom stereocenters. The molecular weight excluding hydrogens is 355 g/mol. The van der Waals surface area contributed by atoms with Gasteiger partial charge in [-0.2, -0.15) is 5.26 Å². The van der Waals surface area contributed by atoms with Crippen LogP contribution in [0.2, 0.25) is 0 Å². The molecule has 1 aliphatic heterocycles. The van der Waals surface area contributed by atoms with Crippen LogP contribution in [0.25, 0.3) is 0 Å². The van der Waals surface area contributed by atoms with E-state index >= 15 is 0 Å². The smallest absolute Gasteiger partial charge is 0.258 e. The van der Waals surface area contributed by atoms with Crippen LogP contribution in [0.3, 0.4) is 0 Å². The van der Waals surface area contributed by atoms with Crippen LogP contribution >= 0.6 is 15.9 Å². The minimum Gasteiger partial charge on any atom is -0.422 e. The second-order valence-electron chi connectivity index (χ2n) is 4.55. The Morgan fingerprint density at radius 3 is 2.95 bits per heavy atom. The summed E-state index contributed by atoms with van der Waals surface area (Å²) in [5.74, 6) is -1.32. The maximum absolute atomic E-state index is 13.4. The topological polar surface area (TPSA) is 105 Å². The number of hydrogen-bond acceptors (Lipinski definition) is 5. The van der Waals surface area contributed by atoms with Crippen molar-refractivity contribution in [3.05, 3.63) is 67.8 Å². The molecule has 22 heavy (non-hydrogen) atoms. The molecule has 1 unspecified atom stereocenters. The fraction of sp³-hybridized carbons (Fsp3) is 0.0714. The number of aromatic nitrogens is 2. The number of nitrogens with one attached hydrogen (secondary N) is 1. The standard InChI is InChI=1S/C14H8BrFN4O2/c15-8-3-6(1-2-9(8)16)10-7(4-17)12(18)22-14-11(10)13(21)19-5-20-14/h1-3,5,10H,18H2,(H,19,20,21). The molecule has 6 nitrogen and oxygen atoms in total. The zero-order valence-electron chi connectivity index (χ0n) is 10.9. The van der Waals surface area contributed by atoms with Gasteiger partial charge in [-0.15, -0.1) is 0 Å². The van der Waals surface area contributed by atoms with E-state index in [-0.39, 0.29) is 27.4 Å². The number of aromatic amines is 1. The number of H-pyrrole nitrogens is 1. The number of fused-ring (bicyclic) bond motifs is 1. The highest BCUT2D eigenvalue weighted by atomic mass is 79.9. The predicted octanol–water partition coefficient (Wildman–Crippen LogP) is 1.89. The first kappa shape index (κ1) is 14.3. The monoisotopic (exact) mass is 362 g/mol. The van der Waals surface area contributed by atoms with Gasteiger partial charge in [0.1, 0.15) is 17.5 Å². The van der Waals surface area contributed by atoms with Gasteiger partial charge in [-0.25, -0.2) is 9.37 Å². The highest BCUT2D eigenvalue weighted by molar-refractivity contribution is 9.10. The predicted molar refractivity (Wildman–Crippen MR) is 78.3 cm³/mol. The summed E-state index contributed by atoms with van der Waals surface area (Å²) in [5.41, 5.74) is 6.06. The van der Waals surface area contributed by atoms with E-state index in [4.69, 9.17) is 10.5 Å². The molecule has 110 valence electrons. The van der Waals surface area contributed by atoms with Crippen LogP contribution in [0.15, 0.2) is 45.2 Å². The molecule has 0 aliphatic carbocycles. The summed E-state index contributed by atoms with van der Waals surface area (Å²) in [6.45, 7) is 0. The number of nitrogens with zero attached hydrogens (tertiary/aromatic N) is 2. The summed E-state index contributed by atoms with van der Waals surface area (Å²) < 4.78 is 18.9. The Morgan fingerprint density at radius 1 is 1.50 bits per heavy atom. The normalized spacial score (nSPS) is 16.7. The van der Waals surface area contributed by atoms with Crippen LogP contribution in [0.4, 0.5) is 4.39 Å². The van der Waals surface area contributed by atoms with Gasteiger partial charge in [0.2, 0.25) is 11.8 Å². The summed E-state index contributed by atoms with van der Waals surface area (Å²) in [4.78, 5) is 18.5. The van der Waals surface area contributed by atoms with Gasteiger partial charge < -0.3 is 15.5 Å². The van der Waals surface area contributed by atoms with Crippen molar-refractivity contribution in [2.24, 2.45) is 5.73 Å². The SMILES string of the molecule is N#CC1=C(N)Oc2nc[nH]c(=O)c2C1c1ccc(F)c(Br)c1. The van der Waals surface area contributed by atoms with Crippen LogP contribution in [0.5, 0.6) is 5.88 Å². The molecule has 8 heteroatoms. The Bertz CT molecular complexity index is 900. The Hall–Kier alpha value is -2.66. The van der Waals surface area contributed by atoms with E-state index in [9.17, 15) is 14.4 Å². The van der Waals surface area contributed by atoms with E-state index in [1.165, 1.54) is 24.5 Å². The largest absolute Gasteiger partial charge is 0.422 e. The average Bonchev–Trinajstić information content (AvgIpc) is 2.49. The Labute approximate surface area is 132 Å². The first-order valence-electron chi connectivity index (χ1n) is 6.13. The zero-order valence-corrected chi connectivity index (χ0v) is 12.5. The lowest BCUT2D eigenvalue weighted by molar-refractivity contribution is 0.375. The number of hydrogen-bond donors (Lipinski definition) is 2. The summed E-state index contributed by atoms with van der Waals surface area (Å²) >= 11 is 3.09. The van der Waals surface area contributed by atoms with Crippen molar-refractivity contribution in [1.82, 2.24) is 9.97 Å². The highest BCUT2D eigenvalue weighted by Crippen LogP contribution is 2.39. The van der Waals surface area contributed by atoms with Crippen LogP contribution < -0.4 is 16.0 Å². The summed E-state index contributed by atoms with van der Waals surface area (Å²) in [6.07, 6.45) is 1.18. The van der Waals surface area contributed by atoms with E-state index in [1.54, 1.807) is 0 Å². The van der Waals surface area contributed by atoms with Gasteiger partial charge in [-0.3, -0.25) is 4.79 Å². The van der Waals surface area contributed by atoms with Crippen molar-refractivity contribution in [1.29, 1.82) is 5.26 Å². The van der Waals surface area contributed by atoms with Crippen molar-refractivity contribution < 1.29 is 9.13 Å². The van der Waals surface area contributed by atoms with Crippen molar-refractivity contribution in [2.45, 2.75) is 5.92 Å². The van der Waals surface area contributed by atoms with E-state index in [0.717, 1.165) is 0 Å². The molecule has 3 rings (SSSR count). The maximum atomic E-state index is 13.4. The van der Waals surface area contributed by atoms with Crippen LogP contribution in [-0.2, 0) is 0 Å². The number of allylic oxidation sites excluding steroid dienone is 1. The summed E-state index contributed by atoms with van der Waals surface area (Å²) in [7, 11) is 0. The van der Waals surface area contributed by atoms with E-state index in [1.807, 2.05) is 6.07 Å². The van der Waals surface area contributed by atoms with Gasteiger partial charge in [0.15, 0.2) is 0 Å². The highest BCUT2D eigenvalue weighted by Gasteiger charge is 2.34. The zero-order chi connectivity index (χ0) is 15.9. The fourth-order valence-corrected chi connectivity index (χ4v) is 2.72. The second kappa shape index (κ2) is 5.27. The third kappa shape index (κ3) is 2.16. The van der Waals surface area contributed by atoms with Gasteiger partial charge in [0.25, 0.3) is 5.56 Å². The lowest BCUT2D eigenvalue weighted by Gasteiger charge is -2.24.